The maximum absolute atomic E-state index is 14.4. The summed E-state index contributed by atoms with van der Waals surface area (Å²) in [5.41, 5.74) is 2.45. The van der Waals surface area contributed by atoms with Crippen LogP contribution in [-0.2, 0) is 16.1 Å². The van der Waals surface area contributed by atoms with Crippen LogP contribution in [-0.4, -0.2) is 65.9 Å². The highest BCUT2D eigenvalue weighted by Crippen LogP contribution is 2.28. The third kappa shape index (κ3) is 5.14. The normalized spacial score (nSPS) is 16.9. The second-order valence-corrected chi connectivity index (χ2v) is 9.00. The lowest BCUT2D eigenvalue weighted by molar-refractivity contribution is -0.137. The molecule has 1 aliphatic rings. The highest BCUT2D eigenvalue weighted by Gasteiger charge is 2.40. The van der Waals surface area contributed by atoms with E-state index in [2.05, 4.69) is 25.6 Å². The zero-order valence-corrected chi connectivity index (χ0v) is 20.3. The molecule has 3 aromatic heterocycles. The summed E-state index contributed by atoms with van der Waals surface area (Å²) in [5, 5.41) is 15.8. The first-order valence-electron chi connectivity index (χ1n) is 11.8. The van der Waals surface area contributed by atoms with Gasteiger partial charge in [0.25, 0.3) is 0 Å². The van der Waals surface area contributed by atoms with Crippen molar-refractivity contribution in [2.45, 2.75) is 32.1 Å². The maximum atomic E-state index is 14.4. The van der Waals surface area contributed by atoms with Crippen molar-refractivity contribution in [2.24, 2.45) is 0 Å². The van der Waals surface area contributed by atoms with E-state index >= 15 is 0 Å². The Morgan fingerprint density at radius 2 is 1.89 bits per heavy atom. The number of Topliss-reactive ketones (excluding diaryl/α,β-unsaturated/α-hetero) is 1. The molecular formula is C26H24FN7O4. The molecule has 11 nitrogen and oxygen atoms in total. The molecule has 2 amide bonds. The van der Waals surface area contributed by atoms with E-state index in [1.54, 1.807) is 41.4 Å². The van der Waals surface area contributed by atoms with Crippen molar-refractivity contribution in [1.29, 1.82) is 0 Å². The number of ketones is 1. The summed E-state index contributed by atoms with van der Waals surface area (Å²) < 4.78 is 16.0. The summed E-state index contributed by atoms with van der Waals surface area (Å²) in [4.78, 5) is 51.6. The van der Waals surface area contributed by atoms with Crippen molar-refractivity contribution in [3.8, 4) is 5.75 Å². The fourth-order valence-electron chi connectivity index (χ4n) is 4.53. The first-order chi connectivity index (χ1) is 18.3. The summed E-state index contributed by atoms with van der Waals surface area (Å²) in [6, 6.07) is 7.12. The Hall–Kier alpha value is -4.87. The number of nitrogens with one attached hydrogen (secondary N) is 2. The minimum absolute atomic E-state index is 0.0645. The molecule has 194 valence electrons. The fraction of sp³-hybridized carbons (Fsp3) is 0.231. The number of benzene rings is 1. The van der Waals surface area contributed by atoms with Crippen LogP contribution in [0.3, 0.4) is 0 Å². The highest BCUT2D eigenvalue weighted by atomic mass is 19.1. The molecule has 0 spiro atoms. The van der Waals surface area contributed by atoms with Gasteiger partial charge >= 0.3 is 0 Å². The molecule has 1 fully saturated rings. The molecule has 1 saturated heterocycles. The largest absolute Gasteiger partial charge is 0.506 e. The minimum atomic E-state index is -1.35. The number of alkyl halides is 1. The van der Waals surface area contributed by atoms with E-state index in [0.29, 0.717) is 27.8 Å². The van der Waals surface area contributed by atoms with Gasteiger partial charge < -0.3 is 25.2 Å². The molecule has 0 radical (unpaired) electrons. The predicted molar refractivity (Wildman–Crippen MR) is 137 cm³/mol. The molecule has 4 aromatic rings. The average Bonchev–Trinajstić information content (AvgIpc) is 3.47. The lowest BCUT2D eigenvalue weighted by Crippen LogP contribution is -2.44. The van der Waals surface area contributed by atoms with Gasteiger partial charge in [0, 0.05) is 34.8 Å². The van der Waals surface area contributed by atoms with E-state index < -0.39 is 24.0 Å². The van der Waals surface area contributed by atoms with E-state index in [0.717, 1.165) is 0 Å². The van der Waals surface area contributed by atoms with Crippen LogP contribution in [0.15, 0.2) is 61.4 Å². The standard InChI is InChI=1S/C26H24FN7O4/c1-15(35)21-12-33(22-4-2-17(7-20(21)22)31-18-8-28-14-29-9-18)13-25(37)34-11-16(27)6-23(34)26(38)32-24-5-3-19(36)10-30-24/h2-5,7-10,12,14,16,23,31,36H,6,11,13H2,1H3,(H,30,32,38)/t16-,23+/m1/s1. The molecule has 0 saturated carbocycles. The first kappa shape index (κ1) is 24.8. The number of carbonyl (C=O) groups excluding carboxylic acids is 3. The monoisotopic (exact) mass is 517 g/mol. The van der Waals surface area contributed by atoms with Crippen LogP contribution >= 0.6 is 0 Å². The van der Waals surface area contributed by atoms with Gasteiger partial charge in [-0.2, -0.15) is 0 Å². The number of anilines is 3. The van der Waals surface area contributed by atoms with Gasteiger partial charge in [0.1, 0.15) is 36.7 Å². The van der Waals surface area contributed by atoms with Gasteiger partial charge in [-0.3, -0.25) is 14.4 Å². The van der Waals surface area contributed by atoms with Crippen LogP contribution in [0.1, 0.15) is 23.7 Å². The maximum Gasteiger partial charge on any atom is 0.248 e. The molecular weight excluding hydrogens is 493 g/mol. The molecule has 5 rings (SSSR count). The van der Waals surface area contributed by atoms with Gasteiger partial charge in [-0.15, -0.1) is 0 Å². The number of hydrogen-bond acceptors (Lipinski definition) is 8. The van der Waals surface area contributed by atoms with E-state index in [1.165, 1.54) is 36.5 Å². The number of fused-ring (bicyclic) bond motifs is 1. The average molecular weight is 518 g/mol. The van der Waals surface area contributed by atoms with Gasteiger partial charge in [0.05, 0.1) is 30.8 Å². The SMILES string of the molecule is CC(=O)c1cn(CC(=O)N2C[C@H](F)C[C@H]2C(=O)Nc2ccc(O)cn2)c2ccc(Nc3cncnc3)cc12. The zero-order valence-electron chi connectivity index (χ0n) is 20.3. The summed E-state index contributed by atoms with van der Waals surface area (Å²) in [6.45, 7) is 1.04. The highest BCUT2D eigenvalue weighted by molar-refractivity contribution is 6.08. The van der Waals surface area contributed by atoms with Crippen molar-refractivity contribution >= 4 is 45.7 Å². The van der Waals surface area contributed by atoms with Crippen molar-refractivity contribution in [1.82, 2.24) is 24.4 Å². The molecule has 38 heavy (non-hydrogen) atoms. The van der Waals surface area contributed by atoms with Gasteiger partial charge in [-0.05, 0) is 37.3 Å². The summed E-state index contributed by atoms with van der Waals surface area (Å²) in [7, 11) is 0. The van der Waals surface area contributed by atoms with Crippen molar-refractivity contribution < 1.29 is 23.9 Å². The van der Waals surface area contributed by atoms with E-state index in [9.17, 15) is 23.9 Å². The molecule has 1 aromatic carbocycles. The Morgan fingerprint density at radius 3 is 2.61 bits per heavy atom. The molecule has 4 heterocycles. The van der Waals surface area contributed by atoms with Crippen LogP contribution < -0.4 is 10.6 Å². The van der Waals surface area contributed by atoms with E-state index in [4.69, 9.17) is 0 Å². The molecule has 1 aliphatic heterocycles. The number of rotatable bonds is 7. The van der Waals surface area contributed by atoms with Crippen molar-refractivity contribution in [3.05, 3.63) is 67.0 Å². The topological polar surface area (TPSA) is 142 Å². The van der Waals surface area contributed by atoms with Crippen molar-refractivity contribution in [3.63, 3.8) is 0 Å². The number of amides is 2. The number of pyridine rings is 1. The molecule has 0 unspecified atom stereocenters. The Labute approximate surface area is 216 Å². The number of aromatic nitrogens is 4. The smallest absolute Gasteiger partial charge is 0.248 e. The Balaban J connectivity index is 1.37. The Kier molecular flexibility index (Phi) is 6.69. The van der Waals surface area contributed by atoms with Crippen LogP contribution in [0, 0.1) is 0 Å². The van der Waals surface area contributed by atoms with E-state index in [-0.39, 0.29) is 36.9 Å². The van der Waals surface area contributed by atoms with Crippen LogP contribution in [0.4, 0.5) is 21.6 Å². The first-order valence-corrected chi connectivity index (χ1v) is 11.8. The van der Waals surface area contributed by atoms with Gasteiger partial charge in [0.15, 0.2) is 5.78 Å². The molecule has 3 N–H and O–H groups in total. The molecule has 0 aliphatic carbocycles. The van der Waals surface area contributed by atoms with Crippen LogP contribution in [0.25, 0.3) is 10.9 Å². The molecule has 0 bridgehead atoms. The lowest BCUT2D eigenvalue weighted by atomic mass is 10.1. The number of nitrogens with zero attached hydrogens (tertiary/aromatic N) is 5. The third-order valence-corrected chi connectivity index (χ3v) is 6.29. The number of aromatic hydroxyl groups is 1. The van der Waals surface area contributed by atoms with Gasteiger partial charge in [-0.25, -0.2) is 19.3 Å². The summed E-state index contributed by atoms with van der Waals surface area (Å²) >= 11 is 0. The Bertz CT molecular complexity index is 1510. The van der Waals surface area contributed by atoms with E-state index in [1.807, 2.05) is 0 Å². The lowest BCUT2D eigenvalue weighted by Gasteiger charge is -2.24. The predicted octanol–water partition coefficient (Wildman–Crippen LogP) is 3.06. The van der Waals surface area contributed by atoms with Crippen LogP contribution in [0.5, 0.6) is 5.75 Å². The number of likely N-dealkylation sites (tertiary alicyclic amines) is 1. The summed E-state index contributed by atoms with van der Waals surface area (Å²) in [5.74, 6) is -1.09. The second-order valence-electron chi connectivity index (χ2n) is 9.00. The summed E-state index contributed by atoms with van der Waals surface area (Å²) in [6.07, 6.45) is 5.92. The zero-order chi connectivity index (χ0) is 26.8. The second kappa shape index (κ2) is 10.2. The number of hydrogen-bond donors (Lipinski definition) is 3. The van der Waals surface area contributed by atoms with Gasteiger partial charge in [-0.1, -0.05) is 0 Å². The van der Waals surface area contributed by atoms with Crippen molar-refractivity contribution in [2.75, 3.05) is 17.2 Å². The number of halogens is 1. The number of carbonyl (C=O) groups is 3. The Morgan fingerprint density at radius 1 is 1.11 bits per heavy atom. The van der Waals surface area contributed by atoms with Gasteiger partial charge in [0.2, 0.25) is 11.8 Å². The third-order valence-electron chi connectivity index (χ3n) is 6.29. The van der Waals surface area contributed by atoms with Crippen LogP contribution in [0.2, 0.25) is 0 Å². The molecule has 12 heteroatoms. The fourth-order valence-corrected chi connectivity index (χ4v) is 4.53. The molecule has 2 atom stereocenters. The quantitative estimate of drug-likeness (QED) is 0.318. The minimum Gasteiger partial charge on any atom is -0.506 e.